The van der Waals surface area contributed by atoms with E-state index >= 15 is 0 Å². The summed E-state index contributed by atoms with van der Waals surface area (Å²) in [5.74, 6) is 2.04. The third-order valence-corrected chi connectivity index (χ3v) is 3.23. The van der Waals surface area contributed by atoms with Crippen LogP contribution < -0.4 is 10.6 Å². The average molecular weight is 327 g/mol. The number of benzene rings is 1. The van der Waals surface area contributed by atoms with E-state index in [9.17, 15) is 0 Å². The van der Waals surface area contributed by atoms with Gasteiger partial charge < -0.3 is 10.6 Å². The van der Waals surface area contributed by atoms with E-state index in [2.05, 4.69) is 30.6 Å². The lowest BCUT2D eigenvalue weighted by molar-refractivity contribution is 1.06. The molecule has 0 radical (unpaired) electrons. The summed E-state index contributed by atoms with van der Waals surface area (Å²) in [5.41, 5.74) is 2.76. The molecule has 0 saturated heterocycles. The van der Waals surface area contributed by atoms with Crippen molar-refractivity contribution in [2.24, 2.45) is 0 Å². The number of hydrogen-bond acceptors (Lipinski definition) is 6. The molecule has 0 spiro atoms. The molecule has 0 bridgehead atoms. The number of nitrogens with one attached hydrogen (secondary N) is 2. The summed E-state index contributed by atoms with van der Waals surface area (Å²) in [5, 5.41) is 6.84. The van der Waals surface area contributed by atoms with Crippen LogP contribution in [0.5, 0.6) is 0 Å². The molecule has 1 aromatic carbocycles. The van der Waals surface area contributed by atoms with Crippen molar-refractivity contribution in [3.8, 4) is 0 Å². The molecule has 0 unspecified atom stereocenters. The first-order valence-corrected chi connectivity index (χ1v) is 7.40. The Morgan fingerprint density at radius 3 is 2.09 bits per heavy atom. The molecule has 3 aromatic rings. The molecular weight excluding hydrogens is 312 g/mol. The van der Waals surface area contributed by atoms with Crippen molar-refractivity contribution in [3.05, 3.63) is 59.4 Å². The van der Waals surface area contributed by atoms with E-state index in [0.29, 0.717) is 16.8 Å². The highest BCUT2D eigenvalue weighted by Crippen LogP contribution is 2.21. The van der Waals surface area contributed by atoms with Gasteiger partial charge in [-0.2, -0.15) is 0 Å². The van der Waals surface area contributed by atoms with E-state index in [-0.39, 0.29) is 0 Å². The quantitative estimate of drug-likeness (QED) is 0.705. The first-order valence-electron chi connectivity index (χ1n) is 7.02. The monoisotopic (exact) mass is 326 g/mol. The second-order valence-corrected chi connectivity index (χ2v) is 5.38. The highest BCUT2D eigenvalue weighted by molar-refractivity contribution is 6.29. The summed E-state index contributed by atoms with van der Waals surface area (Å²) in [7, 11) is 0. The van der Waals surface area contributed by atoms with Crippen LogP contribution in [0.2, 0.25) is 5.15 Å². The van der Waals surface area contributed by atoms with Gasteiger partial charge in [-0.05, 0) is 38.1 Å². The minimum absolute atomic E-state index is 0.414. The highest BCUT2D eigenvalue weighted by atomic mass is 35.5. The van der Waals surface area contributed by atoms with Gasteiger partial charge in [0.25, 0.3) is 0 Å². The van der Waals surface area contributed by atoms with Gasteiger partial charge in [-0.25, -0.2) is 19.9 Å². The lowest BCUT2D eigenvalue weighted by Gasteiger charge is -2.09. The minimum atomic E-state index is 0.414. The Hall–Kier alpha value is -2.73. The van der Waals surface area contributed by atoms with Gasteiger partial charge in [-0.3, -0.25) is 0 Å². The summed E-state index contributed by atoms with van der Waals surface area (Å²) < 4.78 is 0. The predicted octanol–water partition coefficient (Wildman–Crippen LogP) is 4.02. The number of anilines is 4. The van der Waals surface area contributed by atoms with E-state index < -0.39 is 0 Å². The van der Waals surface area contributed by atoms with Gasteiger partial charge in [0, 0.05) is 29.2 Å². The third kappa shape index (κ3) is 4.14. The van der Waals surface area contributed by atoms with Gasteiger partial charge in [0.15, 0.2) is 0 Å². The van der Waals surface area contributed by atoms with Crippen LogP contribution in [0.4, 0.5) is 23.0 Å². The predicted molar refractivity (Wildman–Crippen MR) is 91.6 cm³/mol. The Kier molecular flexibility index (Phi) is 4.34. The Labute approximate surface area is 139 Å². The van der Waals surface area contributed by atoms with Crippen molar-refractivity contribution in [2.45, 2.75) is 13.8 Å². The van der Waals surface area contributed by atoms with Gasteiger partial charge in [0.2, 0.25) is 0 Å². The SMILES string of the molecule is Cc1cc(Nc2ccc(Nc3cc(Cl)nc(C)n3)cc2)ncn1. The lowest BCUT2D eigenvalue weighted by atomic mass is 10.2. The van der Waals surface area contributed by atoms with Crippen molar-refractivity contribution in [1.29, 1.82) is 0 Å². The van der Waals surface area contributed by atoms with Crippen LogP contribution in [0.3, 0.4) is 0 Å². The van der Waals surface area contributed by atoms with Crippen molar-refractivity contribution < 1.29 is 0 Å². The molecule has 23 heavy (non-hydrogen) atoms. The molecule has 0 atom stereocenters. The fraction of sp³-hybridized carbons (Fsp3) is 0.125. The van der Waals surface area contributed by atoms with Gasteiger partial charge in [0.05, 0.1) is 0 Å². The van der Waals surface area contributed by atoms with E-state index in [0.717, 1.165) is 22.9 Å². The summed E-state index contributed by atoms with van der Waals surface area (Å²) in [4.78, 5) is 16.6. The van der Waals surface area contributed by atoms with Crippen LogP contribution in [0.15, 0.2) is 42.7 Å². The first kappa shape index (κ1) is 15.2. The third-order valence-electron chi connectivity index (χ3n) is 3.04. The molecule has 0 aliphatic heterocycles. The largest absolute Gasteiger partial charge is 0.340 e. The standard InChI is InChI=1S/C16H15ClN6/c1-10-7-15(19-9-18-10)22-12-3-5-13(6-4-12)23-16-8-14(17)20-11(2)21-16/h3-9H,1-2H3,(H,18,19,22)(H,20,21,23). The number of halogens is 1. The molecule has 0 aliphatic carbocycles. The van der Waals surface area contributed by atoms with E-state index in [1.54, 1.807) is 13.0 Å². The number of aromatic nitrogens is 4. The molecule has 0 amide bonds. The second-order valence-electron chi connectivity index (χ2n) is 5.00. The number of aryl methyl sites for hydroxylation is 2. The van der Waals surface area contributed by atoms with Gasteiger partial charge in [0.1, 0.15) is 28.9 Å². The molecule has 0 fully saturated rings. The Morgan fingerprint density at radius 2 is 1.48 bits per heavy atom. The summed E-state index contributed by atoms with van der Waals surface area (Å²) in [6.07, 6.45) is 1.54. The maximum absolute atomic E-state index is 5.93. The lowest BCUT2D eigenvalue weighted by Crippen LogP contribution is -1.98. The first-order chi connectivity index (χ1) is 11.1. The molecule has 3 rings (SSSR count). The number of rotatable bonds is 4. The molecule has 0 saturated carbocycles. The van der Waals surface area contributed by atoms with Gasteiger partial charge in [-0.1, -0.05) is 11.6 Å². The van der Waals surface area contributed by atoms with Crippen LogP contribution in [0, 0.1) is 13.8 Å². The van der Waals surface area contributed by atoms with Gasteiger partial charge >= 0.3 is 0 Å². The molecule has 2 aromatic heterocycles. The average Bonchev–Trinajstić information content (AvgIpc) is 2.48. The van der Waals surface area contributed by atoms with Crippen molar-refractivity contribution in [2.75, 3.05) is 10.6 Å². The topological polar surface area (TPSA) is 75.6 Å². The summed E-state index contributed by atoms with van der Waals surface area (Å²) in [6, 6.07) is 11.4. The van der Waals surface area contributed by atoms with Crippen molar-refractivity contribution in [3.63, 3.8) is 0 Å². The molecule has 2 N–H and O–H groups in total. The maximum atomic E-state index is 5.93. The van der Waals surface area contributed by atoms with Gasteiger partial charge in [-0.15, -0.1) is 0 Å². The molecule has 2 heterocycles. The fourth-order valence-electron chi connectivity index (χ4n) is 2.05. The fourth-order valence-corrected chi connectivity index (χ4v) is 2.28. The zero-order valence-electron chi connectivity index (χ0n) is 12.7. The molecule has 0 aliphatic rings. The van der Waals surface area contributed by atoms with Crippen LogP contribution >= 0.6 is 11.6 Å². The Morgan fingerprint density at radius 1 is 0.826 bits per heavy atom. The second kappa shape index (κ2) is 6.58. The van der Waals surface area contributed by atoms with Crippen molar-refractivity contribution >= 4 is 34.6 Å². The van der Waals surface area contributed by atoms with E-state index in [1.807, 2.05) is 37.3 Å². The normalized spacial score (nSPS) is 10.4. The number of nitrogens with zero attached hydrogens (tertiary/aromatic N) is 4. The van der Waals surface area contributed by atoms with Crippen molar-refractivity contribution in [1.82, 2.24) is 19.9 Å². The van der Waals surface area contributed by atoms with Crippen LogP contribution in [-0.2, 0) is 0 Å². The van der Waals surface area contributed by atoms with E-state index in [1.165, 1.54) is 6.33 Å². The highest BCUT2D eigenvalue weighted by Gasteiger charge is 2.02. The van der Waals surface area contributed by atoms with E-state index in [4.69, 9.17) is 11.6 Å². The molecule has 6 nitrogen and oxygen atoms in total. The molecule has 7 heteroatoms. The van der Waals surface area contributed by atoms with Crippen LogP contribution in [0.25, 0.3) is 0 Å². The van der Waals surface area contributed by atoms with Crippen LogP contribution in [0.1, 0.15) is 11.5 Å². The summed E-state index contributed by atoms with van der Waals surface area (Å²) in [6.45, 7) is 3.72. The summed E-state index contributed by atoms with van der Waals surface area (Å²) >= 11 is 5.93. The smallest absolute Gasteiger partial charge is 0.135 e. The zero-order chi connectivity index (χ0) is 16.2. The molecular formula is C16H15ClN6. The molecule has 116 valence electrons. The Bertz CT molecular complexity index is 799. The number of hydrogen-bond donors (Lipinski definition) is 2. The Balaban J connectivity index is 1.71. The maximum Gasteiger partial charge on any atom is 0.135 e. The minimum Gasteiger partial charge on any atom is -0.340 e. The zero-order valence-corrected chi connectivity index (χ0v) is 13.5. The van der Waals surface area contributed by atoms with Crippen LogP contribution in [-0.4, -0.2) is 19.9 Å².